The Morgan fingerprint density at radius 3 is 2.76 bits per heavy atom. The fourth-order valence-electron chi connectivity index (χ4n) is 1.96. The molecule has 1 aromatic rings. The van der Waals surface area contributed by atoms with E-state index >= 15 is 0 Å². The third-order valence-electron chi connectivity index (χ3n) is 3.01. The number of aromatic nitrogens is 2. The summed E-state index contributed by atoms with van der Waals surface area (Å²) in [7, 11) is 0. The molecule has 0 aromatic carbocycles. The van der Waals surface area contributed by atoms with E-state index in [-0.39, 0.29) is 0 Å². The van der Waals surface area contributed by atoms with Crippen molar-refractivity contribution in [2.45, 2.75) is 20.3 Å². The van der Waals surface area contributed by atoms with Crippen LogP contribution in [0.3, 0.4) is 0 Å². The van der Waals surface area contributed by atoms with Crippen LogP contribution in [0.5, 0.6) is 0 Å². The molecule has 1 aliphatic rings. The maximum Gasteiger partial charge on any atom is 0.134 e. The second-order valence-electron chi connectivity index (χ2n) is 4.34. The molecular weight excluding hydrogens is 232 g/mol. The molecule has 0 bridgehead atoms. The van der Waals surface area contributed by atoms with Crippen LogP contribution in [0.2, 0.25) is 0 Å². The lowest BCUT2D eigenvalue weighted by molar-refractivity contribution is 0.630. The highest BCUT2D eigenvalue weighted by atomic mass is 32.2. The van der Waals surface area contributed by atoms with E-state index in [1.807, 2.05) is 11.8 Å². The minimum absolute atomic E-state index is 0.789. The van der Waals surface area contributed by atoms with Crippen molar-refractivity contribution in [3.8, 4) is 0 Å². The van der Waals surface area contributed by atoms with Crippen LogP contribution < -0.4 is 10.6 Å². The van der Waals surface area contributed by atoms with E-state index in [1.165, 1.54) is 17.9 Å². The maximum atomic E-state index is 4.31. The number of nitrogens with one attached hydrogen (secondary N) is 2. The van der Waals surface area contributed by atoms with E-state index in [1.54, 1.807) is 6.33 Å². The zero-order chi connectivity index (χ0) is 12.1. The highest BCUT2D eigenvalue weighted by Gasteiger charge is 2.16. The molecule has 0 amide bonds. The van der Waals surface area contributed by atoms with Crippen LogP contribution in [0, 0.1) is 12.8 Å². The summed E-state index contributed by atoms with van der Waals surface area (Å²) in [6, 6.07) is 0. The van der Waals surface area contributed by atoms with E-state index in [9.17, 15) is 0 Å². The van der Waals surface area contributed by atoms with Gasteiger partial charge < -0.3 is 10.6 Å². The van der Waals surface area contributed by atoms with Gasteiger partial charge in [-0.25, -0.2) is 9.97 Å². The Morgan fingerprint density at radius 1 is 1.35 bits per heavy atom. The molecular formula is C12H20N4S. The molecule has 2 N–H and O–H groups in total. The first-order valence-electron chi connectivity index (χ1n) is 6.18. The molecule has 0 saturated carbocycles. The summed E-state index contributed by atoms with van der Waals surface area (Å²) in [5, 5.41) is 6.70. The Morgan fingerprint density at radius 2 is 2.12 bits per heavy atom. The molecule has 1 unspecified atom stereocenters. The third kappa shape index (κ3) is 3.25. The van der Waals surface area contributed by atoms with Gasteiger partial charge in [0.25, 0.3) is 0 Å². The van der Waals surface area contributed by atoms with Crippen LogP contribution in [-0.4, -0.2) is 34.6 Å². The highest BCUT2D eigenvalue weighted by Crippen LogP contribution is 2.24. The van der Waals surface area contributed by atoms with Crippen LogP contribution in [-0.2, 0) is 0 Å². The molecule has 1 fully saturated rings. The summed E-state index contributed by atoms with van der Waals surface area (Å²) in [6.07, 6.45) is 2.94. The molecule has 1 aromatic heterocycles. The Bertz CT molecular complexity index is 364. The van der Waals surface area contributed by atoms with Crippen molar-refractivity contribution in [2.24, 2.45) is 5.92 Å². The van der Waals surface area contributed by atoms with Gasteiger partial charge in [0, 0.05) is 18.7 Å². The molecule has 2 heterocycles. The van der Waals surface area contributed by atoms with Crippen molar-refractivity contribution in [1.82, 2.24) is 9.97 Å². The third-order valence-corrected chi connectivity index (χ3v) is 4.24. The summed E-state index contributed by atoms with van der Waals surface area (Å²) < 4.78 is 0. The zero-order valence-electron chi connectivity index (χ0n) is 10.5. The summed E-state index contributed by atoms with van der Waals surface area (Å²) in [5.41, 5.74) is 1.11. The maximum absolute atomic E-state index is 4.31. The van der Waals surface area contributed by atoms with Gasteiger partial charge in [0.1, 0.15) is 18.0 Å². The van der Waals surface area contributed by atoms with Gasteiger partial charge in [0.2, 0.25) is 0 Å². The smallest absolute Gasteiger partial charge is 0.134 e. The average Bonchev–Trinajstić information content (AvgIpc) is 2.83. The fourth-order valence-corrected chi connectivity index (χ4v) is 3.24. The molecule has 4 nitrogen and oxygen atoms in total. The van der Waals surface area contributed by atoms with Crippen molar-refractivity contribution in [2.75, 3.05) is 35.2 Å². The van der Waals surface area contributed by atoms with Gasteiger partial charge in [-0.2, -0.15) is 11.8 Å². The van der Waals surface area contributed by atoms with Crippen molar-refractivity contribution in [3.63, 3.8) is 0 Å². The molecule has 0 aliphatic carbocycles. The molecule has 5 heteroatoms. The molecule has 1 atom stereocenters. The number of nitrogens with zero attached hydrogens (tertiary/aromatic N) is 2. The van der Waals surface area contributed by atoms with E-state index in [0.29, 0.717) is 0 Å². The Labute approximate surface area is 107 Å². The predicted octanol–water partition coefficient (Wildman–Crippen LogP) is 2.38. The van der Waals surface area contributed by atoms with Crippen molar-refractivity contribution < 1.29 is 0 Å². The zero-order valence-corrected chi connectivity index (χ0v) is 11.3. The molecule has 1 saturated heterocycles. The van der Waals surface area contributed by atoms with E-state index < -0.39 is 0 Å². The Balaban J connectivity index is 1.97. The summed E-state index contributed by atoms with van der Waals surface area (Å²) in [4.78, 5) is 8.56. The number of rotatable bonds is 5. The van der Waals surface area contributed by atoms with Crippen LogP contribution in [0.25, 0.3) is 0 Å². The lowest BCUT2D eigenvalue weighted by Gasteiger charge is -2.14. The molecule has 0 radical (unpaired) electrons. The van der Waals surface area contributed by atoms with Gasteiger partial charge in [-0.1, -0.05) is 0 Å². The van der Waals surface area contributed by atoms with Crippen LogP contribution in [0.15, 0.2) is 6.33 Å². The lowest BCUT2D eigenvalue weighted by Crippen LogP contribution is -2.16. The quantitative estimate of drug-likeness (QED) is 0.842. The number of hydrogen-bond acceptors (Lipinski definition) is 5. The monoisotopic (exact) mass is 252 g/mol. The van der Waals surface area contributed by atoms with E-state index in [4.69, 9.17) is 0 Å². The van der Waals surface area contributed by atoms with Crippen LogP contribution >= 0.6 is 11.8 Å². The Hall–Kier alpha value is -0.970. The lowest BCUT2D eigenvalue weighted by atomic mass is 10.1. The summed E-state index contributed by atoms with van der Waals surface area (Å²) in [5.74, 6) is 5.27. The summed E-state index contributed by atoms with van der Waals surface area (Å²) >= 11 is 2.05. The molecule has 0 spiro atoms. The topological polar surface area (TPSA) is 49.8 Å². The van der Waals surface area contributed by atoms with Crippen LogP contribution in [0.4, 0.5) is 11.6 Å². The first kappa shape index (κ1) is 12.5. The number of hydrogen-bond donors (Lipinski definition) is 2. The second kappa shape index (κ2) is 6.10. The van der Waals surface area contributed by atoms with Gasteiger partial charge in [0.05, 0.1) is 0 Å². The first-order chi connectivity index (χ1) is 8.31. The number of anilines is 2. The van der Waals surface area contributed by atoms with Gasteiger partial charge >= 0.3 is 0 Å². The SMILES string of the molecule is CCNc1ncnc(NCC2CCSC2)c1C. The second-order valence-corrected chi connectivity index (χ2v) is 5.49. The fraction of sp³-hybridized carbons (Fsp3) is 0.667. The molecule has 17 heavy (non-hydrogen) atoms. The van der Waals surface area contributed by atoms with E-state index in [0.717, 1.165) is 36.2 Å². The van der Waals surface area contributed by atoms with E-state index in [2.05, 4.69) is 34.4 Å². The van der Waals surface area contributed by atoms with Crippen molar-refractivity contribution in [1.29, 1.82) is 0 Å². The van der Waals surface area contributed by atoms with Crippen LogP contribution in [0.1, 0.15) is 18.9 Å². The molecule has 94 valence electrons. The minimum atomic E-state index is 0.789. The van der Waals surface area contributed by atoms with Gasteiger partial charge in [-0.05, 0) is 37.7 Å². The van der Waals surface area contributed by atoms with Gasteiger partial charge in [-0.3, -0.25) is 0 Å². The van der Waals surface area contributed by atoms with Gasteiger partial charge in [0.15, 0.2) is 0 Å². The largest absolute Gasteiger partial charge is 0.370 e. The Kier molecular flexibility index (Phi) is 4.48. The first-order valence-corrected chi connectivity index (χ1v) is 7.33. The predicted molar refractivity (Wildman–Crippen MR) is 74.9 cm³/mol. The van der Waals surface area contributed by atoms with Crippen molar-refractivity contribution in [3.05, 3.63) is 11.9 Å². The normalized spacial score (nSPS) is 19.3. The molecule has 2 rings (SSSR count). The highest BCUT2D eigenvalue weighted by molar-refractivity contribution is 7.99. The molecule has 1 aliphatic heterocycles. The minimum Gasteiger partial charge on any atom is -0.370 e. The summed E-state index contributed by atoms with van der Waals surface area (Å²) in [6.45, 7) is 6.04. The van der Waals surface area contributed by atoms with Gasteiger partial charge in [-0.15, -0.1) is 0 Å². The van der Waals surface area contributed by atoms with Crippen molar-refractivity contribution >= 4 is 23.4 Å². The standard InChI is InChI=1S/C12H20N4S/c1-3-13-11-9(2)12(16-8-15-11)14-6-10-4-5-17-7-10/h8,10H,3-7H2,1-2H3,(H2,13,14,15,16). The number of thioether (sulfide) groups is 1. The average molecular weight is 252 g/mol.